The van der Waals surface area contributed by atoms with Crippen LogP contribution in [0.3, 0.4) is 0 Å². The number of benzene rings is 2. The van der Waals surface area contributed by atoms with E-state index in [4.69, 9.17) is 5.11 Å². The molecular formula is C19H18F4INO4S. The largest absolute Gasteiger partial charge is 0.394 e. The monoisotopic (exact) mass is 559 g/mol. The lowest BCUT2D eigenvalue weighted by atomic mass is 10.0. The molecule has 0 saturated heterocycles. The lowest BCUT2D eigenvalue weighted by Crippen LogP contribution is -2.35. The Labute approximate surface area is 184 Å². The van der Waals surface area contributed by atoms with Crippen molar-refractivity contribution in [3.8, 4) is 0 Å². The molecule has 30 heavy (non-hydrogen) atoms. The maximum absolute atomic E-state index is 14.5. The Balaban J connectivity index is 2.02. The maximum Gasteiger partial charge on any atom is 0.238 e. The van der Waals surface area contributed by atoms with Crippen LogP contribution in [0.15, 0.2) is 24.3 Å². The first kappa shape index (κ1) is 23.2. The molecule has 1 unspecified atom stereocenters. The van der Waals surface area contributed by atoms with E-state index in [1.54, 1.807) is 0 Å². The van der Waals surface area contributed by atoms with Gasteiger partial charge < -0.3 is 10.2 Å². The third kappa shape index (κ3) is 4.58. The van der Waals surface area contributed by atoms with Crippen LogP contribution >= 0.6 is 22.6 Å². The van der Waals surface area contributed by atoms with Crippen molar-refractivity contribution in [2.75, 3.05) is 11.3 Å². The highest BCUT2D eigenvalue weighted by atomic mass is 127. The van der Waals surface area contributed by atoms with Crippen LogP contribution in [-0.2, 0) is 16.4 Å². The minimum Gasteiger partial charge on any atom is -0.394 e. The minimum absolute atomic E-state index is 0.0726. The van der Waals surface area contributed by atoms with Gasteiger partial charge >= 0.3 is 0 Å². The van der Waals surface area contributed by atoms with Gasteiger partial charge in [-0.05, 0) is 59.5 Å². The molecule has 0 amide bonds. The summed E-state index contributed by atoms with van der Waals surface area (Å²) < 4.78 is 83.8. The molecule has 0 spiro atoms. The highest BCUT2D eigenvalue weighted by molar-refractivity contribution is 14.1. The van der Waals surface area contributed by atoms with Crippen LogP contribution < -0.4 is 4.72 Å². The van der Waals surface area contributed by atoms with E-state index in [0.717, 1.165) is 6.07 Å². The van der Waals surface area contributed by atoms with Gasteiger partial charge in [0.2, 0.25) is 10.0 Å². The van der Waals surface area contributed by atoms with Crippen molar-refractivity contribution in [3.05, 3.63) is 62.2 Å². The van der Waals surface area contributed by atoms with Crippen molar-refractivity contribution >= 4 is 38.3 Å². The number of sulfonamides is 1. The van der Waals surface area contributed by atoms with Gasteiger partial charge in [0.25, 0.3) is 0 Å². The molecular weight excluding hydrogens is 541 g/mol. The molecule has 5 nitrogen and oxygen atoms in total. The van der Waals surface area contributed by atoms with Crippen molar-refractivity contribution in [1.82, 2.24) is 0 Å². The SMILES string of the molecule is O=S(=O)(Nc1c(F)cc(F)c(F)c1Cc1ccc(I)cc1F)C1(CC(O)CO)CC1. The van der Waals surface area contributed by atoms with Crippen molar-refractivity contribution in [2.45, 2.75) is 36.5 Å². The van der Waals surface area contributed by atoms with Crippen molar-refractivity contribution in [3.63, 3.8) is 0 Å². The summed E-state index contributed by atoms with van der Waals surface area (Å²) in [6.45, 7) is -0.659. The topological polar surface area (TPSA) is 86.6 Å². The molecule has 2 aromatic rings. The molecule has 1 aliphatic rings. The second-order valence-electron chi connectivity index (χ2n) is 7.25. The van der Waals surface area contributed by atoms with Gasteiger partial charge in [0.1, 0.15) is 5.82 Å². The standard InChI is InChI=1S/C19H18F4INO4S/c20-14-6-11(24)2-1-10(14)5-13-17(23)15(21)7-16(22)18(13)25-30(28,29)19(3-4-19)8-12(27)9-26/h1-2,6-7,12,25-27H,3-5,8-9H2. The number of aliphatic hydroxyl groups is 2. The second kappa shape index (κ2) is 8.60. The van der Waals surface area contributed by atoms with Gasteiger partial charge in [-0.1, -0.05) is 6.07 Å². The zero-order valence-electron chi connectivity index (χ0n) is 15.4. The highest BCUT2D eigenvalue weighted by Gasteiger charge is 2.55. The first-order chi connectivity index (χ1) is 14.0. The van der Waals surface area contributed by atoms with Crippen LogP contribution in [0, 0.1) is 26.8 Å². The van der Waals surface area contributed by atoms with E-state index in [0.29, 0.717) is 3.57 Å². The van der Waals surface area contributed by atoms with E-state index < -0.39 is 68.4 Å². The van der Waals surface area contributed by atoms with Crippen LogP contribution in [0.2, 0.25) is 0 Å². The molecule has 0 bridgehead atoms. The molecule has 0 aliphatic heterocycles. The molecule has 3 rings (SSSR count). The molecule has 0 aromatic heterocycles. The number of hydrogen-bond acceptors (Lipinski definition) is 4. The Kier molecular flexibility index (Phi) is 6.65. The average Bonchev–Trinajstić information content (AvgIpc) is 3.45. The Morgan fingerprint density at radius 2 is 1.77 bits per heavy atom. The predicted molar refractivity (Wildman–Crippen MR) is 110 cm³/mol. The molecule has 2 aromatic carbocycles. The Hall–Kier alpha value is -1.44. The minimum atomic E-state index is -4.34. The Morgan fingerprint density at radius 1 is 1.10 bits per heavy atom. The third-order valence-corrected chi connectivity index (χ3v) is 7.94. The van der Waals surface area contributed by atoms with E-state index in [9.17, 15) is 31.1 Å². The first-order valence-corrected chi connectivity index (χ1v) is 11.5. The number of rotatable bonds is 8. The summed E-state index contributed by atoms with van der Waals surface area (Å²) in [5.41, 5.74) is -1.55. The molecule has 164 valence electrons. The predicted octanol–water partition coefficient (Wildman–Crippen LogP) is 3.46. The van der Waals surface area contributed by atoms with Crippen LogP contribution in [0.4, 0.5) is 23.2 Å². The van der Waals surface area contributed by atoms with Crippen molar-refractivity contribution in [2.24, 2.45) is 0 Å². The number of hydrogen-bond donors (Lipinski definition) is 3. The molecule has 1 fully saturated rings. The summed E-state index contributed by atoms with van der Waals surface area (Å²) >= 11 is 1.86. The van der Waals surface area contributed by atoms with Gasteiger partial charge in [0.15, 0.2) is 17.5 Å². The second-order valence-corrected chi connectivity index (χ2v) is 10.6. The van der Waals surface area contributed by atoms with Gasteiger partial charge in [0.05, 0.1) is 23.1 Å². The van der Waals surface area contributed by atoms with Gasteiger partial charge in [-0.15, -0.1) is 0 Å². The summed E-state index contributed by atoms with van der Waals surface area (Å²) in [7, 11) is -4.34. The van der Waals surface area contributed by atoms with Crippen LogP contribution in [0.25, 0.3) is 0 Å². The van der Waals surface area contributed by atoms with E-state index in [-0.39, 0.29) is 30.9 Å². The maximum atomic E-state index is 14.5. The van der Waals surface area contributed by atoms with Crippen LogP contribution in [0.1, 0.15) is 30.4 Å². The zero-order chi connectivity index (χ0) is 22.3. The summed E-state index contributed by atoms with van der Waals surface area (Å²) in [5, 5.41) is 18.6. The molecule has 0 radical (unpaired) electrons. The van der Waals surface area contributed by atoms with Gasteiger partial charge in [-0.2, -0.15) is 0 Å². The van der Waals surface area contributed by atoms with Crippen molar-refractivity contribution < 1.29 is 36.2 Å². The smallest absolute Gasteiger partial charge is 0.238 e. The quantitative estimate of drug-likeness (QED) is 0.263. The van der Waals surface area contributed by atoms with Crippen LogP contribution in [-0.4, -0.2) is 36.1 Å². The number of nitrogens with one attached hydrogen (secondary N) is 1. The number of anilines is 1. The highest BCUT2D eigenvalue weighted by Crippen LogP contribution is 2.48. The summed E-state index contributed by atoms with van der Waals surface area (Å²) in [6, 6.07) is 4.20. The van der Waals surface area contributed by atoms with Gasteiger partial charge in [-0.25, -0.2) is 26.0 Å². The summed E-state index contributed by atoms with van der Waals surface area (Å²) in [4.78, 5) is 0. The summed E-state index contributed by atoms with van der Waals surface area (Å²) in [5.74, 6) is -5.11. The van der Waals surface area contributed by atoms with Gasteiger partial charge in [0, 0.05) is 21.6 Å². The van der Waals surface area contributed by atoms with Gasteiger partial charge in [-0.3, -0.25) is 4.72 Å². The third-order valence-electron chi connectivity index (χ3n) is 5.08. The lowest BCUT2D eigenvalue weighted by molar-refractivity contribution is 0.0858. The molecule has 1 atom stereocenters. The molecule has 3 N–H and O–H groups in total. The van der Waals surface area contributed by atoms with E-state index in [1.807, 2.05) is 27.3 Å². The normalized spacial score (nSPS) is 16.4. The fourth-order valence-electron chi connectivity index (χ4n) is 3.24. The van der Waals surface area contributed by atoms with Crippen molar-refractivity contribution in [1.29, 1.82) is 0 Å². The molecule has 1 aliphatic carbocycles. The average molecular weight is 559 g/mol. The van der Waals surface area contributed by atoms with E-state index in [2.05, 4.69) is 0 Å². The lowest BCUT2D eigenvalue weighted by Gasteiger charge is -2.22. The fourth-order valence-corrected chi connectivity index (χ4v) is 5.45. The molecule has 0 heterocycles. The van der Waals surface area contributed by atoms with E-state index in [1.165, 1.54) is 12.1 Å². The Morgan fingerprint density at radius 3 is 2.33 bits per heavy atom. The molecule has 1 saturated carbocycles. The number of halogens is 5. The summed E-state index contributed by atoms with van der Waals surface area (Å²) in [6.07, 6.45) is -1.91. The van der Waals surface area contributed by atoms with Crippen LogP contribution in [0.5, 0.6) is 0 Å². The van der Waals surface area contributed by atoms with E-state index >= 15 is 0 Å². The first-order valence-electron chi connectivity index (χ1n) is 8.91. The molecule has 11 heteroatoms. The zero-order valence-corrected chi connectivity index (χ0v) is 18.4. The fraction of sp³-hybridized carbons (Fsp3) is 0.368. The number of aliphatic hydroxyl groups excluding tert-OH is 2. The Bertz CT molecular complexity index is 1080.